The number of nitrogens with zero attached hydrogens (tertiary/aromatic N) is 1. The topological polar surface area (TPSA) is 64.1 Å². The molecule has 1 aromatic heterocycles. The van der Waals surface area contributed by atoms with Crippen molar-refractivity contribution in [2.75, 3.05) is 7.11 Å². The summed E-state index contributed by atoms with van der Waals surface area (Å²) in [7, 11) is 1.30. The average molecular weight is 395 g/mol. The number of hydrogen-bond donors (Lipinski definition) is 1. The summed E-state index contributed by atoms with van der Waals surface area (Å²) in [6, 6.07) is 9.79. The molecule has 3 rings (SSSR count). The zero-order valence-electron chi connectivity index (χ0n) is 13.0. The normalized spacial score (nSPS) is 10.8. The van der Waals surface area contributed by atoms with Gasteiger partial charge in [0.1, 0.15) is 0 Å². The van der Waals surface area contributed by atoms with E-state index in [2.05, 4.69) is 9.72 Å². The highest BCUT2D eigenvalue weighted by Gasteiger charge is 2.11. The molecule has 1 N–H and O–H groups in total. The molecule has 5 nitrogen and oxygen atoms in total. The van der Waals surface area contributed by atoms with Crippen molar-refractivity contribution in [2.24, 2.45) is 0 Å². The molecule has 3 aromatic rings. The number of esters is 1. The van der Waals surface area contributed by atoms with Gasteiger partial charge in [-0.3, -0.25) is 9.36 Å². The number of fused-ring (bicyclic) bond motifs is 1. The summed E-state index contributed by atoms with van der Waals surface area (Å²) >= 11 is 17.2. The SMILES string of the molecule is COC(=O)c1ccc2c(=O)n(Cc3ccc(Cl)c(Cl)c3)c(=S)[nH]c2c1. The molecule has 1 heterocycles. The Balaban J connectivity index is 2.10. The highest BCUT2D eigenvalue weighted by Crippen LogP contribution is 2.23. The number of carbonyl (C=O) groups is 1. The van der Waals surface area contributed by atoms with Crippen LogP contribution in [0, 0.1) is 4.77 Å². The molecule has 8 heteroatoms. The van der Waals surface area contributed by atoms with E-state index in [1.54, 1.807) is 30.3 Å². The number of halogens is 2. The van der Waals surface area contributed by atoms with E-state index in [-0.39, 0.29) is 16.9 Å². The van der Waals surface area contributed by atoms with Gasteiger partial charge in [-0.2, -0.15) is 0 Å². The molecule has 0 unspecified atom stereocenters. The maximum Gasteiger partial charge on any atom is 0.337 e. The zero-order chi connectivity index (χ0) is 18.1. The van der Waals surface area contributed by atoms with Gasteiger partial charge >= 0.3 is 5.97 Å². The van der Waals surface area contributed by atoms with Gasteiger partial charge in [0.15, 0.2) is 4.77 Å². The van der Waals surface area contributed by atoms with Crippen LogP contribution in [0.1, 0.15) is 15.9 Å². The lowest BCUT2D eigenvalue weighted by molar-refractivity contribution is 0.0601. The number of ether oxygens (including phenoxy) is 1. The number of aromatic amines is 1. The van der Waals surface area contributed by atoms with Gasteiger partial charge in [-0.05, 0) is 48.1 Å². The molecule has 0 amide bonds. The van der Waals surface area contributed by atoms with Crippen LogP contribution in [-0.2, 0) is 11.3 Å². The third kappa shape index (κ3) is 3.46. The van der Waals surface area contributed by atoms with E-state index in [0.29, 0.717) is 26.5 Å². The Morgan fingerprint density at radius 2 is 1.96 bits per heavy atom. The van der Waals surface area contributed by atoms with E-state index < -0.39 is 5.97 Å². The van der Waals surface area contributed by atoms with E-state index in [0.717, 1.165) is 5.56 Å². The van der Waals surface area contributed by atoms with Gasteiger partial charge in [-0.15, -0.1) is 0 Å². The van der Waals surface area contributed by atoms with Crippen molar-refractivity contribution in [1.82, 2.24) is 9.55 Å². The van der Waals surface area contributed by atoms with Crippen molar-refractivity contribution >= 4 is 52.3 Å². The number of nitrogens with one attached hydrogen (secondary N) is 1. The number of methoxy groups -OCH3 is 1. The number of H-pyrrole nitrogens is 1. The lowest BCUT2D eigenvalue weighted by Gasteiger charge is -2.10. The summed E-state index contributed by atoms with van der Waals surface area (Å²) in [5.41, 5.74) is 1.34. The summed E-state index contributed by atoms with van der Waals surface area (Å²) < 4.78 is 6.35. The lowest BCUT2D eigenvalue weighted by Crippen LogP contribution is -2.23. The Labute approximate surface area is 157 Å². The molecular formula is C17H12Cl2N2O3S. The zero-order valence-corrected chi connectivity index (χ0v) is 15.3. The lowest BCUT2D eigenvalue weighted by atomic mass is 10.1. The third-order valence-electron chi connectivity index (χ3n) is 3.73. The van der Waals surface area contributed by atoms with Crippen LogP contribution < -0.4 is 5.56 Å². The molecular weight excluding hydrogens is 383 g/mol. The molecule has 0 saturated carbocycles. The van der Waals surface area contributed by atoms with Crippen molar-refractivity contribution in [3.63, 3.8) is 0 Å². The molecule has 0 fully saturated rings. The average Bonchev–Trinajstić information content (AvgIpc) is 2.60. The predicted octanol–water partition coefficient (Wildman–Crippen LogP) is 4.20. The Morgan fingerprint density at radius 1 is 1.20 bits per heavy atom. The number of rotatable bonds is 3. The van der Waals surface area contributed by atoms with Crippen molar-refractivity contribution in [3.05, 3.63) is 72.7 Å². The quantitative estimate of drug-likeness (QED) is 0.533. The van der Waals surface area contributed by atoms with Gasteiger partial charge in [0, 0.05) is 0 Å². The molecule has 0 aliphatic heterocycles. The fraction of sp³-hybridized carbons (Fsp3) is 0.118. The summed E-state index contributed by atoms with van der Waals surface area (Å²) in [4.78, 5) is 27.4. The first-order valence-electron chi connectivity index (χ1n) is 7.20. The molecule has 2 aromatic carbocycles. The Morgan fingerprint density at radius 3 is 2.64 bits per heavy atom. The number of benzene rings is 2. The van der Waals surface area contributed by atoms with Crippen LogP contribution in [0.4, 0.5) is 0 Å². The molecule has 25 heavy (non-hydrogen) atoms. The largest absolute Gasteiger partial charge is 0.465 e. The number of hydrogen-bond acceptors (Lipinski definition) is 4. The van der Waals surface area contributed by atoms with Crippen LogP contribution in [0.2, 0.25) is 10.0 Å². The Hall–Kier alpha value is -2.15. The fourth-order valence-electron chi connectivity index (χ4n) is 2.46. The minimum Gasteiger partial charge on any atom is -0.465 e. The van der Waals surface area contributed by atoms with Crippen LogP contribution in [0.15, 0.2) is 41.2 Å². The first-order valence-corrected chi connectivity index (χ1v) is 8.36. The maximum atomic E-state index is 12.8. The standard InChI is InChI=1S/C17H12Cl2N2O3S/c1-24-16(23)10-3-4-11-14(7-10)20-17(25)21(15(11)22)8-9-2-5-12(18)13(19)6-9/h2-7H,8H2,1H3,(H,20,25). The summed E-state index contributed by atoms with van der Waals surface area (Å²) in [6.07, 6.45) is 0. The smallest absolute Gasteiger partial charge is 0.337 e. The summed E-state index contributed by atoms with van der Waals surface area (Å²) in [5, 5.41) is 1.27. The molecule has 0 bridgehead atoms. The molecule has 0 radical (unpaired) electrons. The van der Waals surface area contributed by atoms with E-state index in [9.17, 15) is 9.59 Å². The first-order chi connectivity index (χ1) is 11.9. The van der Waals surface area contributed by atoms with Crippen molar-refractivity contribution in [2.45, 2.75) is 6.54 Å². The second-order valence-corrected chi connectivity index (χ2v) is 6.52. The van der Waals surface area contributed by atoms with Crippen LogP contribution in [0.5, 0.6) is 0 Å². The highest BCUT2D eigenvalue weighted by atomic mass is 35.5. The molecule has 0 aliphatic rings. The maximum absolute atomic E-state index is 12.8. The monoisotopic (exact) mass is 394 g/mol. The van der Waals surface area contributed by atoms with Gasteiger partial charge in [0.25, 0.3) is 5.56 Å². The number of aromatic nitrogens is 2. The van der Waals surface area contributed by atoms with Crippen LogP contribution in [-0.4, -0.2) is 22.6 Å². The second kappa shape index (κ2) is 7.00. The third-order valence-corrected chi connectivity index (χ3v) is 4.79. The van der Waals surface area contributed by atoms with Crippen molar-refractivity contribution in [3.8, 4) is 0 Å². The molecule has 0 spiro atoms. The Bertz CT molecular complexity index is 1110. The van der Waals surface area contributed by atoms with Crippen molar-refractivity contribution in [1.29, 1.82) is 0 Å². The van der Waals surface area contributed by atoms with Gasteiger partial charge in [0.05, 0.1) is 40.2 Å². The summed E-state index contributed by atoms with van der Waals surface area (Å²) in [5.74, 6) is -0.485. The predicted molar refractivity (Wildman–Crippen MR) is 100 cm³/mol. The minimum absolute atomic E-state index is 0.241. The number of carbonyl (C=O) groups excluding carboxylic acids is 1. The second-order valence-electron chi connectivity index (χ2n) is 5.32. The van der Waals surface area contributed by atoms with Crippen LogP contribution in [0.3, 0.4) is 0 Å². The van der Waals surface area contributed by atoms with Crippen LogP contribution in [0.25, 0.3) is 10.9 Å². The molecule has 0 atom stereocenters. The van der Waals surface area contributed by atoms with E-state index in [4.69, 9.17) is 35.4 Å². The van der Waals surface area contributed by atoms with Crippen LogP contribution >= 0.6 is 35.4 Å². The van der Waals surface area contributed by atoms with Gasteiger partial charge in [-0.1, -0.05) is 29.3 Å². The highest BCUT2D eigenvalue weighted by molar-refractivity contribution is 7.71. The Kier molecular flexibility index (Phi) is 4.94. The molecule has 128 valence electrons. The van der Waals surface area contributed by atoms with Gasteiger partial charge in [0.2, 0.25) is 0 Å². The van der Waals surface area contributed by atoms with Crippen molar-refractivity contribution < 1.29 is 9.53 Å². The minimum atomic E-state index is -0.485. The molecule has 0 aliphatic carbocycles. The van der Waals surface area contributed by atoms with Gasteiger partial charge < -0.3 is 9.72 Å². The van der Waals surface area contributed by atoms with E-state index in [1.807, 2.05) is 0 Å². The van der Waals surface area contributed by atoms with Gasteiger partial charge in [-0.25, -0.2) is 4.79 Å². The first kappa shape index (κ1) is 17.7. The molecule has 0 saturated heterocycles. The fourth-order valence-corrected chi connectivity index (χ4v) is 3.04. The van der Waals surface area contributed by atoms with E-state index >= 15 is 0 Å². The van der Waals surface area contributed by atoms with E-state index in [1.165, 1.54) is 17.7 Å². The summed E-state index contributed by atoms with van der Waals surface area (Å²) in [6.45, 7) is 0.250.